The Morgan fingerprint density at radius 3 is 2.53 bits per heavy atom. The molecule has 1 rings (SSSR count). The SMILES string of the molecule is CNC1CCCCCC1CN(C)CCC(C)C. The first-order valence-electron chi connectivity index (χ1n) is 7.49. The zero-order valence-corrected chi connectivity index (χ0v) is 12.3. The van der Waals surface area contributed by atoms with E-state index in [1.165, 1.54) is 51.6 Å². The summed E-state index contributed by atoms with van der Waals surface area (Å²) in [5, 5.41) is 3.54. The van der Waals surface area contributed by atoms with Crippen LogP contribution in [-0.4, -0.2) is 38.1 Å². The van der Waals surface area contributed by atoms with Crippen LogP contribution >= 0.6 is 0 Å². The molecule has 2 nitrogen and oxygen atoms in total. The maximum absolute atomic E-state index is 3.54. The fraction of sp³-hybridized carbons (Fsp3) is 1.00. The highest BCUT2D eigenvalue weighted by Gasteiger charge is 2.23. The average Bonchev–Trinajstić information content (AvgIpc) is 2.51. The van der Waals surface area contributed by atoms with Crippen LogP contribution < -0.4 is 5.32 Å². The van der Waals surface area contributed by atoms with Crippen molar-refractivity contribution >= 4 is 0 Å². The van der Waals surface area contributed by atoms with Gasteiger partial charge in [0.2, 0.25) is 0 Å². The Hall–Kier alpha value is -0.0800. The van der Waals surface area contributed by atoms with Crippen molar-refractivity contribution in [3.05, 3.63) is 0 Å². The van der Waals surface area contributed by atoms with Crippen molar-refractivity contribution < 1.29 is 0 Å². The topological polar surface area (TPSA) is 15.3 Å². The highest BCUT2D eigenvalue weighted by Crippen LogP contribution is 2.24. The minimum atomic E-state index is 0.749. The van der Waals surface area contributed by atoms with Crippen LogP contribution in [0, 0.1) is 11.8 Å². The van der Waals surface area contributed by atoms with Crippen LogP contribution in [0.2, 0.25) is 0 Å². The van der Waals surface area contributed by atoms with Gasteiger partial charge in [-0.05, 0) is 51.7 Å². The summed E-state index contributed by atoms with van der Waals surface area (Å²) in [6.45, 7) is 7.16. The molecule has 1 saturated carbocycles. The lowest BCUT2D eigenvalue weighted by atomic mass is 9.94. The van der Waals surface area contributed by atoms with Gasteiger partial charge in [-0.2, -0.15) is 0 Å². The molecule has 1 fully saturated rings. The van der Waals surface area contributed by atoms with E-state index < -0.39 is 0 Å². The third kappa shape index (κ3) is 5.87. The quantitative estimate of drug-likeness (QED) is 0.718. The molecular weight excluding hydrogens is 208 g/mol. The van der Waals surface area contributed by atoms with E-state index in [2.05, 4.69) is 38.2 Å². The van der Waals surface area contributed by atoms with Crippen LogP contribution in [0.1, 0.15) is 52.4 Å². The minimum Gasteiger partial charge on any atom is -0.317 e. The molecule has 0 aliphatic heterocycles. The Balaban J connectivity index is 2.35. The molecule has 1 aliphatic rings. The van der Waals surface area contributed by atoms with Crippen molar-refractivity contribution in [1.29, 1.82) is 0 Å². The van der Waals surface area contributed by atoms with Gasteiger partial charge in [0.25, 0.3) is 0 Å². The van der Waals surface area contributed by atoms with Gasteiger partial charge in [0.1, 0.15) is 0 Å². The van der Waals surface area contributed by atoms with Gasteiger partial charge in [0, 0.05) is 12.6 Å². The predicted octanol–water partition coefficient (Wildman–Crippen LogP) is 3.13. The molecule has 2 atom stereocenters. The fourth-order valence-electron chi connectivity index (χ4n) is 2.95. The molecule has 0 aromatic heterocycles. The largest absolute Gasteiger partial charge is 0.317 e. The number of nitrogens with zero attached hydrogens (tertiary/aromatic N) is 1. The smallest absolute Gasteiger partial charge is 0.0104 e. The highest BCUT2D eigenvalue weighted by molar-refractivity contribution is 4.80. The van der Waals surface area contributed by atoms with E-state index in [1.807, 2.05) is 0 Å². The summed E-state index contributed by atoms with van der Waals surface area (Å²) in [5.41, 5.74) is 0. The van der Waals surface area contributed by atoms with Crippen LogP contribution in [-0.2, 0) is 0 Å². The van der Waals surface area contributed by atoms with Crippen molar-refractivity contribution in [3.63, 3.8) is 0 Å². The second-order valence-electron chi connectivity index (χ2n) is 6.24. The minimum absolute atomic E-state index is 0.749. The van der Waals surface area contributed by atoms with Crippen molar-refractivity contribution in [2.75, 3.05) is 27.2 Å². The van der Waals surface area contributed by atoms with Crippen molar-refractivity contribution in [2.24, 2.45) is 11.8 Å². The summed E-state index contributed by atoms with van der Waals surface area (Å²) in [7, 11) is 4.43. The lowest BCUT2D eigenvalue weighted by Gasteiger charge is -2.29. The predicted molar refractivity (Wildman–Crippen MR) is 76.4 cm³/mol. The van der Waals surface area contributed by atoms with Gasteiger partial charge in [0.05, 0.1) is 0 Å². The maximum Gasteiger partial charge on any atom is 0.0104 e. The number of rotatable bonds is 6. The zero-order valence-electron chi connectivity index (χ0n) is 12.3. The van der Waals surface area contributed by atoms with E-state index in [9.17, 15) is 0 Å². The molecule has 1 N–H and O–H groups in total. The van der Waals surface area contributed by atoms with Gasteiger partial charge in [-0.1, -0.05) is 33.1 Å². The second-order valence-corrected chi connectivity index (χ2v) is 6.24. The van der Waals surface area contributed by atoms with Gasteiger partial charge < -0.3 is 10.2 Å². The van der Waals surface area contributed by atoms with E-state index in [0.717, 1.165) is 17.9 Å². The highest BCUT2D eigenvalue weighted by atomic mass is 15.1. The van der Waals surface area contributed by atoms with E-state index in [-0.39, 0.29) is 0 Å². The van der Waals surface area contributed by atoms with Gasteiger partial charge in [0.15, 0.2) is 0 Å². The van der Waals surface area contributed by atoms with Gasteiger partial charge in [-0.3, -0.25) is 0 Å². The van der Waals surface area contributed by atoms with E-state index in [4.69, 9.17) is 0 Å². The Labute approximate surface area is 108 Å². The lowest BCUT2D eigenvalue weighted by Crippen LogP contribution is -2.39. The lowest BCUT2D eigenvalue weighted by molar-refractivity contribution is 0.221. The molecular formula is C15H32N2. The summed E-state index contributed by atoms with van der Waals surface area (Å²) < 4.78 is 0. The molecule has 0 spiro atoms. The summed E-state index contributed by atoms with van der Waals surface area (Å²) in [4.78, 5) is 2.54. The molecule has 17 heavy (non-hydrogen) atoms. The number of hydrogen-bond acceptors (Lipinski definition) is 2. The third-order valence-corrected chi connectivity index (χ3v) is 4.16. The summed E-state index contributed by atoms with van der Waals surface area (Å²) in [5.74, 6) is 1.69. The van der Waals surface area contributed by atoms with E-state index >= 15 is 0 Å². The number of nitrogens with one attached hydrogen (secondary N) is 1. The van der Waals surface area contributed by atoms with Crippen LogP contribution in [0.25, 0.3) is 0 Å². The monoisotopic (exact) mass is 240 g/mol. The molecule has 2 heteroatoms. The standard InChI is InChI=1S/C15H32N2/c1-13(2)10-11-17(4)12-14-8-6-5-7-9-15(14)16-3/h13-16H,5-12H2,1-4H3. The average molecular weight is 240 g/mol. The first kappa shape index (κ1) is 15.0. The molecule has 0 aromatic rings. The zero-order chi connectivity index (χ0) is 12.7. The molecule has 2 unspecified atom stereocenters. The Morgan fingerprint density at radius 2 is 1.88 bits per heavy atom. The molecule has 0 aromatic carbocycles. The Morgan fingerprint density at radius 1 is 1.18 bits per heavy atom. The van der Waals surface area contributed by atoms with Crippen LogP contribution in [0.5, 0.6) is 0 Å². The normalized spacial score (nSPS) is 26.5. The number of hydrogen-bond donors (Lipinski definition) is 1. The molecule has 0 saturated heterocycles. The van der Waals surface area contributed by atoms with Gasteiger partial charge in [-0.15, -0.1) is 0 Å². The van der Waals surface area contributed by atoms with E-state index in [1.54, 1.807) is 0 Å². The summed E-state index contributed by atoms with van der Waals surface area (Å²) in [6.07, 6.45) is 8.40. The molecule has 0 bridgehead atoms. The molecule has 0 amide bonds. The Bertz CT molecular complexity index is 191. The van der Waals surface area contributed by atoms with Crippen molar-refractivity contribution in [3.8, 4) is 0 Å². The fourth-order valence-corrected chi connectivity index (χ4v) is 2.95. The summed E-state index contributed by atoms with van der Waals surface area (Å²) >= 11 is 0. The molecule has 0 radical (unpaired) electrons. The maximum atomic E-state index is 3.54. The molecule has 1 aliphatic carbocycles. The summed E-state index contributed by atoms with van der Waals surface area (Å²) in [6, 6.07) is 0.749. The van der Waals surface area contributed by atoms with E-state index in [0.29, 0.717) is 0 Å². The van der Waals surface area contributed by atoms with Crippen LogP contribution in [0.3, 0.4) is 0 Å². The third-order valence-electron chi connectivity index (χ3n) is 4.16. The molecule has 0 heterocycles. The van der Waals surface area contributed by atoms with Crippen LogP contribution in [0.4, 0.5) is 0 Å². The molecule has 102 valence electrons. The van der Waals surface area contributed by atoms with Crippen molar-refractivity contribution in [2.45, 2.75) is 58.4 Å². The van der Waals surface area contributed by atoms with Crippen molar-refractivity contribution in [1.82, 2.24) is 10.2 Å². The van der Waals surface area contributed by atoms with Crippen LogP contribution in [0.15, 0.2) is 0 Å². The van der Waals surface area contributed by atoms with Gasteiger partial charge in [-0.25, -0.2) is 0 Å². The van der Waals surface area contributed by atoms with Gasteiger partial charge >= 0.3 is 0 Å². The first-order chi connectivity index (χ1) is 8.13. The first-order valence-corrected chi connectivity index (χ1v) is 7.49. The second kappa shape index (κ2) is 8.10. The Kier molecular flexibility index (Phi) is 7.14.